The second kappa shape index (κ2) is 14.5. The zero-order chi connectivity index (χ0) is 28.5. The van der Waals surface area contributed by atoms with Crippen molar-refractivity contribution in [3.8, 4) is 11.5 Å². The molecule has 8 nitrogen and oxygen atoms in total. The third-order valence-corrected chi connectivity index (χ3v) is 9.96. The molecule has 40 heavy (non-hydrogen) atoms. The molecule has 2 fully saturated rings. The van der Waals surface area contributed by atoms with Crippen molar-refractivity contribution in [3.63, 3.8) is 0 Å². The van der Waals surface area contributed by atoms with E-state index in [2.05, 4.69) is 30.1 Å². The van der Waals surface area contributed by atoms with E-state index in [-0.39, 0.29) is 18.2 Å². The Balaban J connectivity index is 1.34. The van der Waals surface area contributed by atoms with Gasteiger partial charge in [0.25, 0.3) is 10.2 Å². The molecule has 1 saturated carbocycles. The second-order valence-corrected chi connectivity index (χ2v) is 13.0. The van der Waals surface area contributed by atoms with Crippen LogP contribution < -0.4 is 14.8 Å². The fraction of sp³-hybridized carbons (Fsp3) is 0.548. The van der Waals surface area contributed by atoms with Gasteiger partial charge in [0.15, 0.2) is 0 Å². The standard InChI is InChI=1S/C31H45N3O5S/c1-5-6-20-38-29-9-7-8-26(21-29)25-12-16-28(17-13-25)39-23-30-31(18-19-32-30)34(40(35,36)33(2)3)22-24-10-14-27(37-4)15-11-24/h5,7-11,14-15,21,25,28,30-32H,1,6,12-13,16-20,22-23H2,2-4H3/t25?,28?,30-,31-/m0/s1. The van der Waals surface area contributed by atoms with Crippen molar-refractivity contribution >= 4 is 10.2 Å². The summed E-state index contributed by atoms with van der Waals surface area (Å²) in [4.78, 5) is 0. The summed E-state index contributed by atoms with van der Waals surface area (Å²) >= 11 is 0. The Kier molecular flexibility index (Phi) is 11.0. The van der Waals surface area contributed by atoms with E-state index >= 15 is 0 Å². The first-order valence-electron chi connectivity index (χ1n) is 14.3. The van der Waals surface area contributed by atoms with E-state index in [9.17, 15) is 8.42 Å². The Morgan fingerprint density at radius 2 is 1.77 bits per heavy atom. The highest BCUT2D eigenvalue weighted by Gasteiger charge is 2.40. The van der Waals surface area contributed by atoms with Gasteiger partial charge in [0.1, 0.15) is 11.5 Å². The van der Waals surface area contributed by atoms with Crippen LogP contribution in [0.5, 0.6) is 11.5 Å². The van der Waals surface area contributed by atoms with Crippen LogP contribution in [0.3, 0.4) is 0 Å². The number of hydrogen-bond donors (Lipinski definition) is 1. The second-order valence-electron chi connectivity index (χ2n) is 10.9. The van der Waals surface area contributed by atoms with Crippen LogP contribution in [0.25, 0.3) is 0 Å². The number of rotatable bonds is 14. The van der Waals surface area contributed by atoms with Crippen molar-refractivity contribution in [1.82, 2.24) is 13.9 Å². The Labute approximate surface area is 240 Å². The third-order valence-electron chi connectivity index (χ3n) is 8.04. The van der Waals surface area contributed by atoms with Gasteiger partial charge in [-0.1, -0.05) is 30.3 Å². The molecule has 0 unspecified atom stereocenters. The Hall–Kier alpha value is -2.43. The SMILES string of the molecule is C=CCCOc1cccc(C2CCC(OC[C@@H]3NCC[C@@H]3N(Cc3ccc(OC)cc3)S(=O)(=O)N(C)C)CC2)c1. The largest absolute Gasteiger partial charge is 0.497 e. The molecule has 0 bridgehead atoms. The molecule has 4 rings (SSSR count). The molecule has 1 N–H and O–H groups in total. The molecule has 220 valence electrons. The van der Waals surface area contributed by atoms with Gasteiger partial charge in [-0.3, -0.25) is 0 Å². The zero-order valence-electron chi connectivity index (χ0n) is 24.1. The molecule has 1 saturated heterocycles. The Morgan fingerprint density at radius 1 is 1.02 bits per heavy atom. The summed E-state index contributed by atoms with van der Waals surface area (Å²) in [6, 6.07) is 15.8. The highest BCUT2D eigenvalue weighted by molar-refractivity contribution is 7.86. The molecule has 1 aliphatic heterocycles. The third kappa shape index (κ3) is 7.85. The first-order chi connectivity index (χ1) is 19.3. The fourth-order valence-corrected chi connectivity index (χ4v) is 7.01. The van der Waals surface area contributed by atoms with Crippen LogP contribution in [0.4, 0.5) is 0 Å². The maximum Gasteiger partial charge on any atom is 0.282 e. The molecule has 1 heterocycles. The molecule has 0 aromatic heterocycles. The van der Waals surface area contributed by atoms with Gasteiger partial charge in [-0.15, -0.1) is 6.58 Å². The number of ether oxygens (including phenoxy) is 3. The number of benzene rings is 2. The number of hydrogen-bond acceptors (Lipinski definition) is 6. The maximum absolute atomic E-state index is 13.4. The van der Waals surface area contributed by atoms with Crippen LogP contribution in [-0.4, -0.2) is 76.2 Å². The minimum atomic E-state index is -3.64. The summed E-state index contributed by atoms with van der Waals surface area (Å²) in [5.74, 6) is 2.17. The molecule has 0 amide bonds. The monoisotopic (exact) mass is 571 g/mol. The highest BCUT2D eigenvalue weighted by Crippen LogP contribution is 2.35. The van der Waals surface area contributed by atoms with Crippen molar-refractivity contribution in [2.24, 2.45) is 0 Å². The van der Waals surface area contributed by atoms with E-state index in [1.54, 1.807) is 25.5 Å². The first-order valence-corrected chi connectivity index (χ1v) is 15.7. The Bertz CT molecular complexity index is 1180. The number of nitrogens with zero attached hydrogens (tertiary/aromatic N) is 2. The lowest BCUT2D eigenvalue weighted by Gasteiger charge is -2.35. The molecule has 2 aromatic carbocycles. The van der Waals surface area contributed by atoms with Gasteiger partial charge < -0.3 is 19.5 Å². The average Bonchev–Trinajstić information content (AvgIpc) is 3.43. The number of nitrogens with one attached hydrogen (secondary N) is 1. The van der Waals surface area contributed by atoms with Gasteiger partial charge in [-0.05, 0) is 86.4 Å². The Morgan fingerprint density at radius 3 is 2.45 bits per heavy atom. The summed E-state index contributed by atoms with van der Waals surface area (Å²) in [5, 5.41) is 3.51. The predicted octanol–water partition coefficient (Wildman–Crippen LogP) is 4.73. The van der Waals surface area contributed by atoms with Gasteiger partial charge in [0.2, 0.25) is 0 Å². The van der Waals surface area contributed by atoms with Gasteiger partial charge in [0.05, 0.1) is 26.4 Å². The molecule has 0 spiro atoms. The smallest absolute Gasteiger partial charge is 0.282 e. The normalized spacial score (nSPS) is 23.4. The van der Waals surface area contributed by atoms with Crippen LogP contribution in [0.2, 0.25) is 0 Å². The fourth-order valence-electron chi connectivity index (χ4n) is 5.68. The van der Waals surface area contributed by atoms with Crippen molar-refractivity contribution in [1.29, 1.82) is 0 Å². The van der Waals surface area contributed by atoms with E-state index in [0.717, 1.165) is 62.1 Å². The van der Waals surface area contributed by atoms with E-state index in [4.69, 9.17) is 14.2 Å². The summed E-state index contributed by atoms with van der Waals surface area (Å²) in [6.45, 7) is 5.96. The molecule has 2 aromatic rings. The summed E-state index contributed by atoms with van der Waals surface area (Å²) in [5.41, 5.74) is 2.25. The van der Waals surface area contributed by atoms with Crippen LogP contribution in [-0.2, 0) is 21.5 Å². The lowest BCUT2D eigenvalue weighted by atomic mass is 9.82. The first kappa shape index (κ1) is 30.5. The maximum atomic E-state index is 13.4. The minimum absolute atomic E-state index is 0.0601. The van der Waals surface area contributed by atoms with Crippen LogP contribution in [0.15, 0.2) is 61.2 Å². The lowest BCUT2D eigenvalue weighted by Crippen LogP contribution is -2.51. The van der Waals surface area contributed by atoms with Crippen LogP contribution >= 0.6 is 0 Å². The molecule has 2 aliphatic rings. The summed E-state index contributed by atoms with van der Waals surface area (Å²) in [7, 11) is 1.16. The molecule has 0 radical (unpaired) electrons. The molecule has 9 heteroatoms. The van der Waals surface area contributed by atoms with Gasteiger partial charge in [-0.25, -0.2) is 0 Å². The zero-order valence-corrected chi connectivity index (χ0v) is 24.9. The quantitative estimate of drug-likeness (QED) is 0.261. The molecule has 1 aliphatic carbocycles. The molecular formula is C31H45N3O5S. The molecular weight excluding hydrogens is 526 g/mol. The highest BCUT2D eigenvalue weighted by atomic mass is 32.2. The van der Waals surface area contributed by atoms with Crippen molar-refractivity contribution < 1.29 is 22.6 Å². The van der Waals surface area contributed by atoms with E-state index in [1.165, 1.54) is 9.87 Å². The van der Waals surface area contributed by atoms with E-state index < -0.39 is 10.2 Å². The van der Waals surface area contributed by atoms with E-state index in [1.807, 2.05) is 36.4 Å². The van der Waals surface area contributed by atoms with Crippen molar-refractivity contribution in [2.45, 2.75) is 69.2 Å². The van der Waals surface area contributed by atoms with Gasteiger partial charge in [-0.2, -0.15) is 17.0 Å². The summed E-state index contributed by atoms with van der Waals surface area (Å²) in [6.07, 6.45) is 7.77. The van der Waals surface area contributed by atoms with Crippen LogP contribution in [0, 0.1) is 0 Å². The molecule has 2 atom stereocenters. The van der Waals surface area contributed by atoms with Crippen LogP contribution in [0.1, 0.15) is 55.6 Å². The van der Waals surface area contributed by atoms with Gasteiger partial charge in [0, 0.05) is 32.7 Å². The van der Waals surface area contributed by atoms with Crippen molar-refractivity contribution in [3.05, 3.63) is 72.3 Å². The topological polar surface area (TPSA) is 80.3 Å². The van der Waals surface area contributed by atoms with E-state index in [0.29, 0.717) is 25.7 Å². The summed E-state index contributed by atoms with van der Waals surface area (Å²) < 4.78 is 47.3. The number of methoxy groups -OCH3 is 1. The minimum Gasteiger partial charge on any atom is -0.497 e. The van der Waals surface area contributed by atoms with Gasteiger partial charge >= 0.3 is 0 Å². The van der Waals surface area contributed by atoms with Crippen molar-refractivity contribution in [2.75, 3.05) is 41.0 Å². The average molecular weight is 572 g/mol. The lowest BCUT2D eigenvalue weighted by molar-refractivity contribution is 0.00778. The predicted molar refractivity (Wildman–Crippen MR) is 159 cm³/mol.